The lowest BCUT2D eigenvalue weighted by atomic mass is 9.71. The Morgan fingerprint density at radius 1 is 1.36 bits per heavy atom. The van der Waals surface area contributed by atoms with Crippen molar-refractivity contribution in [3.8, 4) is 0 Å². The third-order valence-electron chi connectivity index (χ3n) is 3.50. The lowest BCUT2D eigenvalue weighted by Crippen LogP contribution is -2.45. The van der Waals surface area contributed by atoms with Crippen LogP contribution in [-0.4, -0.2) is 5.54 Å². The van der Waals surface area contributed by atoms with E-state index in [4.69, 9.17) is 5.73 Å². The molecule has 0 radical (unpaired) electrons. The highest BCUT2D eigenvalue weighted by Crippen LogP contribution is 2.36. The molecule has 1 fully saturated rings. The van der Waals surface area contributed by atoms with Crippen LogP contribution in [-0.2, 0) is 0 Å². The molecule has 0 bridgehead atoms. The summed E-state index contributed by atoms with van der Waals surface area (Å²) in [6, 6.07) is 0. The van der Waals surface area contributed by atoms with Crippen molar-refractivity contribution in [2.45, 2.75) is 52.0 Å². The molecule has 1 saturated carbocycles. The third kappa shape index (κ3) is 1.96. The van der Waals surface area contributed by atoms with Crippen LogP contribution in [0.2, 0.25) is 0 Å². The topological polar surface area (TPSA) is 26.0 Å². The van der Waals surface area contributed by atoms with Gasteiger partial charge in [-0.05, 0) is 37.5 Å². The Balaban J connectivity index is 2.51. The van der Waals surface area contributed by atoms with E-state index >= 15 is 0 Å². The fourth-order valence-corrected chi connectivity index (χ4v) is 2.07. The second-order valence-corrected chi connectivity index (χ2v) is 4.41. The minimum absolute atomic E-state index is 0.173. The Morgan fingerprint density at radius 3 is 2.45 bits per heavy atom. The summed E-state index contributed by atoms with van der Waals surface area (Å²) >= 11 is 0. The first-order chi connectivity index (χ1) is 5.07. The molecule has 1 aliphatic carbocycles. The number of hydrogen-bond acceptors (Lipinski definition) is 1. The van der Waals surface area contributed by atoms with Crippen LogP contribution in [0.5, 0.6) is 0 Å². The van der Waals surface area contributed by atoms with E-state index in [1.807, 2.05) is 0 Å². The highest BCUT2D eigenvalue weighted by atomic mass is 14.7. The van der Waals surface area contributed by atoms with Crippen molar-refractivity contribution in [2.24, 2.45) is 17.6 Å². The Labute approximate surface area is 70.4 Å². The molecule has 2 N–H and O–H groups in total. The summed E-state index contributed by atoms with van der Waals surface area (Å²) in [7, 11) is 0. The quantitative estimate of drug-likeness (QED) is 0.618. The zero-order valence-electron chi connectivity index (χ0n) is 8.06. The van der Waals surface area contributed by atoms with Gasteiger partial charge in [-0.2, -0.15) is 0 Å². The van der Waals surface area contributed by atoms with Crippen molar-refractivity contribution in [1.82, 2.24) is 0 Å². The lowest BCUT2D eigenvalue weighted by molar-refractivity contribution is 0.172. The smallest absolute Gasteiger partial charge is 0.0154 e. The SMILES string of the molecule is CCC1(N)CCC(C)C(C)C1. The van der Waals surface area contributed by atoms with Gasteiger partial charge >= 0.3 is 0 Å². The zero-order valence-corrected chi connectivity index (χ0v) is 8.06. The molecule has 0 amide bonds. The van der Waals surface area contributed by atoms with Gasteiger partial charge in [0.05, 0.1) is 0 Å². The normalized spacial score (nSPS) is 45.8. The van der Waals surface area contributed by atoms with Crippen LogP contribution in [0.3, 0.4) is 0 Å². The molecule has 0 saturated heterocycles. The van der Waals surface area contributed by atoms with E-state index in [9.17, 15) is 0 Å². The highest BCUT2D eigenvalue weighted by molar-refractivity contribution is 4.90. The lowest BCUT2D eigenvalue weighted by Gasteiger charge is -2.39. The van der Waals surface area contributed by atoms with Crippen LogP contribution in [0.15, 0.2) is 0 Å². The summed E-state index contributed by atoms with van der Waals surface area (Å²) < 4.78 is 0. The molecular weight excluding hydrogens is 134 g/mol. The second-order valence-electron chi connectivity index (χ2n) is 4.41. The molecule has 1 rings (SSSR count). The van der Waals surface area contributed by atoms with E-state index in [1.165, 1.54) is 19.3 Å². The largest absolute Gasteiger partial charge is 0.325 e. The fraction of sp³-hybridized carbons (Fsp3) is 1.00. The van der Waals surface area contributed by atoms with Crippen molar-refractivity contribution in [3.63, 3.8) is 0 Å². The van der Waals surface area contributed by atoms with Gasteiger partial charge in [-0.1, -0.05) is 20.8 Å². The minimum atomic E-state index is 0.173. The zero-order chi connectivity index (χ0) is 8.48. The van der Waals surface area contributed by atoms with Crippen molar-refractivity contribution < 1.29 is 0 Å². The van der Waals surface area contributed by atoms with Crippen LogP contribution in [0, 0.1) is 11.8 Å². The van der Waals surface area contributed by atoms with E-state index in [0.29, 0.717) is 0 Å². The van der Waals surface area contributed by atoms with Gasteiger partial charge in [0.25, 0.3) is 0 Å². The van der Waals surface area contributed by atoms with Gasteiger partial charge in [-0.3, -0.25) is 0 Å². The molecule has 1 heteroatoms. The molecule has 0 aromatic rings. The first-order valence-corrected chi connectivity index (χ1v) is 4.86. The molecule has 0 spiro atoms. The second kappa shape index (κ2) is 3.14. The Bertz CT molecular complexity index is 133. The van der Waals surface area contributed by atoms with Crippen molar-refractivity contribution >= 4 is 0 Å². The molecule has 11 heavy (non-hydrogen) atoms. The minimum Gasteiger partial charge on any atom is -0.325 e. The summed E-state index contributed by atoms with van der Waals surface area (Å²) in [5, 5.41) is 0. The molecular formula is C10H21N. The van der Waals surface area contributed by atoms with Crippen LogP contribution in [0.25, 0.3) is 0 Å². The van der Waals surface area contributed by atoms with Gasteiger partial charge in [0.15, 0.2) is 0 Å². The summed E-state index contributed by atoms with van der Waals surface area (Å²) in [5.74, 6) is 1.71. The third-order valence-corrected chi connectivity index (χ3v) is 3.50. The Hall–Kier alpha value is -0.0400. The van der Waals surface area contributed by atoms with Crippen molar-refractivity contribution in [1.29, 1.82) is 0 Å². The van der Waals surface area contributed by atoms with Gasteiger partial charge in [0.1, 0.15) is 0 Å². The average molecular weight is 155 g/mol. The predicted octanol–water partition coefficient (Wildman–Crippen LogP) is 2.55. The van der Waals surface area contributed by atoms with E-state index < -0.39 is 0 Å². The number of hydrogen-bond donors (Lipinski definition) is 1. The molecule has 1 nitrogen and oxygen atoms in total. The molecule has 0 aromatic carbocycles. The summed E-state index contributed by atoms with van der Waals surface area (Å²) in [4.78, 5) is 0. The first kappa shape index (κ1) is 9.05. The summed E-state index contributed by atoms with van der Waals surface area (Å²) in [6.07, 6.45) is 4.93. The Kier molecular flexibility index (Phi) is 2.58. The van der Waals surface area contributed by atoms with E-state index in [0.717, 1.165) is 18.3 Å². The fourth-order valence-electron chi connectivity index (χ4n) is 2.07. The van der Waals surface area contributed by atoms with Crippen molar-refractivity contribution in [3.05, 3.63) is 0 Å². The summed E-state index contributed by atoms with van der Waals surface area (Å²) in [6.45, 7) is 6.89. The standard InChI is InChI=1S/C10H21N/c1-4-10(11)6-5-8(2)9(3)7-10/h8-9H,4-7,11H2,1-3H3. The maximum atomic E-state index is 6.21. The maximum absolute atomic E-state index is 6.21. The Morgan fingerprint density at radius 2 is 2.00 bits per heavy atom. The maximum Gasteiger partial charge on any atom is 0.0154 e. The molecule has 0 aliphatic heterocycles. The van der Waals surface area contributed by atoms with Gasteiger partial charge in [-0.15, -0.1) is 0 Å². The number of rotatable bonds is 1. The van der Waals surface area contributed by atoms with E-state index in [-0.39, 0.29) is 5.54 Å². The molecule has 3 atom stereocenters. The van der Waals surface area contributed by atoms with Gasteiger partial charge in [0, 0.05) is 5.54 Å². The average Bonchev–Trinajstić information content (AvgIpc) is 1.98. The van der Waals surface area contributed by atoms with Crippen LogP contribution >= 0.6 is 0 Å². The predicted molar refractivity (Wildman–Crippen MR) is 49.4 cm³/mol. The van der Waals surface area contributed by atoms with Crippen LogP contribution < -0.4 is 5.73 Å². The van der Waals surface area contributed by atoms with Gasteiger partial charge < -0.3 is 5.73 Å². The van der Waals surface area contributed by atoms with Gasteiger partial charge in [-0.25, -0.2) is 0 Å². The van der Waals surface area contributed by atoms with Crippen LogP contribution in [0.1, 0.15) is 46.5 Å². The molecule has 0 aromatic heterocycles. The molecule has 0 heterocycles. The van der Waals surface area contributed by atoms with E-state index in [2.05, 4.69) is 20.8 Å². The highest BCUT2D eigenvalue weighted by Gasteiger charge is 2.32. The van der Waals surface area contributed by atoms with E-state index in [1.54, 1.807) is 0 Å². The summed E-state index contributed by atoms with van der Waals surface area (Å²) in [5.41, 5.74) is 6.38. The van der Waals surface area contributed by atoms with Crippen LogP contribution in [0.4, 0.5) is 0 Å². The molecule has 3 unspecified atom stereocenters. The molecule has 66 valence electrons. The van der Waals surface area contributed by atoms with Crippen molar-refractivity contribution in [2.75, 3.05) is 0 Å². The van der Waals surface area contributed by atoms with Gasteiger partial charge in [0.2, 0.25) is 0 Å². The monoisotopic (exact) mass is 155 g/mol. The molecule has 1 aliphatic rings. The number of nitrogens with two attached hydrogens (primary N) is 1. The first-order valence-electron chi connectivity index (χ1n) is 4.86.